The molecule has 0 radical (unpaired) electrons. The molecule has 9 heteroatoms. The second-order valence-corrected chi connectivity index (χ2v) is 5.77. The summed E-state index contributed by atoms with van der Waals surface area (Å²) in [7, 11) is 1.86. The number of piperazine rings is 1. The molecule has 1 saturated heterocycles. The second-order valence-electron chi connectivity index (χ2n) is 5.77. The van der Waals surface area contributed by atoms with Gasteiger partial charge in [0, 0.05) is 33.2 Å². The van der Waals surface area contributed by atoms with Crippen molar-refractivity contribution >= 4 is 22.7 Å². The number of aromatic nitrogens is 6. The van der Waals surface area contributed by atoms with Crippen molar-refractivity contribution in [3.8, 4) is 0 Å². The number of halogens is 1. The molecule has 0 spiro atoms. The van der Waals surface area contributed by atoms with Gasteiger partial charge in [-0.25, -0.2) is 24.3 Å². The Balaban J connectivity index is 1.56. The quantitative estimate of drug-likeness (QED) is 0.692. The van der Waals surface area contributed by atoms with Gasteiger partial charge in [0.15, 0.2) is 17.3 Å². The van der Waals surface area contributed by atoms with Crippen LogP contribution in [0.25, 0.3) is 11.0 Å². The van der Waals surface area contributed by atoms with Gasteiger partial charge < -0.3 is 9.80 Å². The van der Waals surface area contributed by atoms with Crippen molar-refractivity contribution in [3.05, 3.63) is 30.4 Å². The van der Waals surface area contributed by atoms with Gasteiger partial charge in [0.2, 0.25) is 0 Å². The second kappa shape index (κ2) is 5.66. The zero-order valence-electron chi connectivity index (χ0n) is 13.5. The van der Waals surface area contributed by atoms with Gasteiger partial charge in [-0.15, -0.1) is 0 Å². The highest BCUT2D eigenvalue weighted by Gasteiger charge is 2.24. The average Bonchev–Trinajstić information content (AvgIpc) is 2.99. The summed E-state index contributed by atoms with van der Waals surface area (Å²) in [6.07, 6.45) is 4.74. The van der Waals surface area contributed by atoms with Crippen LogP contribution in [0.3, 0.4) is 0 Å². The minimum Gasteiger partial charge on any atom is -0.352 e. The van der Waals surface area contributed by atoms with Crippen LogP contribution < -0.4 is 9.80 Å². The van der Waals surface area contributed by atoms with Crippen LogP contribution in [0, 0.1) is 12.7 Å². The van der Waals surface area contributed by atoms with Crippen LogP contribution >= 0.6 is 0 Å². The lowest BCUT2D eigenvalue weighted by Gasteiger charge is -2.36. The summed E-state index contributed by atoms with van der Waals surface area (Å²) in [5.41, 5.74) is 1.18. The van der Waals surface area contributed by atoms with E-state index in [1.54, 1.807) is 24.1 Å². The van der Waals surface area contributed by atoms with Gasteiger partial charge in [-0.05, 0) is 6.92 Å². The van der Waals surface area contributed by atoms with Crippen molar-refractivity contribution in [1.29, 1.82) is 0 Å². The van der Waals surface area contributed by atoms with Gasteiger partial charge in [-0.2, -0.15) is 5.10 Å². The topological polar surface area (TPSA) is 75.9 Å². The predicted octanol–water partition coefficient (Wildman–Crippen LogP) is 0.927. The molecule has 1 aliphatic rings. The maximum atomic E-state index is 14.2. The van der Waals surface area contributed by atoms with Gasteiger partial charge >= 0.3 is 0 Å². The van der Waals surface area contributed by atoms with E-state index in [0.29, 0.717) is 24.6 Å². The monoisotopic (exact) mass is 328 g/mol. The van der Waals surface area contributed by atoms with Crippen molar-refractivity contribution in [2.45, 2.75) is 6.92 Å². The number of rotatable bonds is 2. The Bertz CT molecular complexity index is 884. The molecule has 3 aromatic heterocycles. The standard InChI is InChI=1S/C15H17FN8/c1-10-12(16)15(20-8-17-10)24-5-3-23(4-6-24)14-11-7-21-22(2)13(11)18-9-19-14/h7-9H,3-6H2,1-2H3. The third-order valence-corrected chi connectivity index (χ3v) is 4.33. The van der Waals surface area contributed by atoms with Crippen molar-refractivity contribution in [3.63, 3.8) is 0 Å². The fraction of sp³-hybridized carbons (Fsp3) is 0.400. The molecule has 4 heterocycles. The summed E-state index contributed by atoms with van der Waals surface area (Å²) in [4.78, 5) is 20.8. The van der Waals surface area contributed by atoms with Crippen LogP contribution in [0.1, 0.15) is 5.69 Å². The Labute approximate surface area is 138 Å². The number of hydrogen-bond donors (Lipinski definition) is 0. The van der Waals surface area contributed by atoms with Crippen LogP contribution in [0.15, 0.2) is 18.9 Å². The van der Waals surface area contributed by atoms with Crippen molar-refractivity contribution in [2.75, 3.05) is 36.0 Å². The molecule has 124 valence electrons. The lowest BCUT2D eigenvalue weighted by Crippen LogP contribution is -2.47. The van der Waals surface area contributed by atoms with Crippen molar-refractivity contribution in [1.82, 2.24) is 29.7 Å². The van der Waals surface area contributed by atoms with Crippen molar-refractivity contribution in [2.24, 2.45) is 7.05 Å². The summed E-state index contributed by atoms with van der Waals surface area (Å²) in [5.74, 6) is 0.895. The molecular formula is C15H17FN8. The van der Waals surface area contributed by atoms with Gasteiger partial charge in [0.05, 0.1) is 17.3 Å². The smallest absolute Gasteiger partial charge is 0.186 e. The summed E-state index contributed by atoms with van der Waals surface area (Å²) in [5, 5.41) is 5.17. The van der Waals surface area contributed by atoms with E-state index in [2.05, 4.69) is 29.9 Å². The molecule has 0 N–H and O–H groups in total. The Kier molecular flexibility index (Phi) is 3.47. The SMILES string of the molecule is Cc1ncnc(N2CCN(c3ncnc4c3cnn4C)CC2)c1F. The fourth-order valence-corrected chi connectivity index (χ4v) is 3.00. The summed E-state index contributed by atoms with van der Waals surface area (Å²) >= 11 is 0. The highest BCUT2D eigenvalue weighted by molar-refractivity contribution is 5.86. The van der Waals surface area contributed by atoms with E-state index in [0.717, 1.165) is 29.9 Å². The Morgan fingerprint density at radius 2 is 1.54 bits per heavy atom. The summed E-state index contributed by atoms with van der Waals surface area (Å²) in [6, 6.07) is 0. The lowest BCUT2D eigenvalue weighted by molar-refractivity contribution is 0.573. The maximum absolute atomic E-state index is 14.2. The van der Waals surface area contributed by atoms with Gasteiger partial charge in [0.1, 0.15) is 18.5 Å². The minimum atomic E-state index is -0.345. The van der Waals surface area contributed by atoms with E-state index in [4.69, 9.17) is 0 Å². The third kappa shape index (κ3) is 2.32. The molecule has 0 bridgehead atoms. The molecule has 24 heavy (non-hydrogen) atoms. The van der Waals surface area contributed by atoms with E-state index >= 15 is 0 Å². The van der Waals surface area contributed by atoms with Crippen molar-refractivity contribution < 1.29 is 4.39 Å². The molecule has 4 rings (SSSR count). The summed E-state index contributed by atoms with van der Waals surface area (Å²) in [6.45, 7) is 4.43. The largest absolute Gasteiger partial charge is 0.352 e. The van der Waals surface area contributed by atoms with E-state index in [1.165, 1.54) is 6.33 Å². The molecule has 0 atom stereocenters. The van der Waals surface area contributed by atoms with Gasteiger partial charge in [-0.1, -0.05) is 0 Å². The zero-order chi connectivity index (χ0) is 16.7. The highest BCUT2D eigenvalue weighted by Crippen LogP contribution is 2.25. The Morgan fingerprint density at radius 3 is 2.29 bits per heavy atom. The van der Waals surface area contributed by atoms with Gasteiger partial charge in [-0.3, -0.25) is 4.68 Å². The van der Waals surface area contributed by atoms with E-state index < -0.39 is 0 Å². The Hall–Kier alpha value is -2.84. The first kappa shape index (κ1) is 14.7. The molecular weight excluding hydrogens is 311 g/mol. The van der Waals surface area contributed by atoms with Crippen LogP contribution in [-0.4, -0.2) is 55.9 Å². The molecule has 3 aromatic rings. The number of hydrogen-bond acceptors (Lipinski definition) is 7. The van der Waals surface area contributed by atoms with Crippen LogP contribution in [0.5, 0.6) is 0 Å². The molecule has 0 aromatic carbocycles. The first-order valence-corrected chi connectivity index (χ1v) is 7.75. The first-order chi connectivity index (χ1) is 11.6. The zero-order valence-corrected chi connectivity index (χ0v) is 13.5. The third-order valence-electron chi connectivity index (χ3n) is 4.33. The minimum absolute atomic E-state index is 0.345. The van der Waals surface area contributed by atoms with E-state index in [1.807, 2.05) is 11.9 Å². The number of anilines is 2. The van der Waals surface area contributed by atoms with Crippen LogP contribution in [-0.2, 0) is 7.05 Å². The molecule has 0 unspecified atom stereocenters. The van der Waals surface area contributed by atoms with E-state index in [9.17, 15) is 4.39 Å². The molecule has 0 aliphatic carbocycles. The molecule has 8 nitrogen and oxygen atoms in total. The normalized spacial score (nSPS) is 15.3. The van der Waals surface area contributed by atoms with Gasteiger partial charge in [0.25, 0.3) is 0 Å². The maximum Gasteiger partial charge on any atom is 0.186 e. The first-order valence-electron chi connectivity index (χ1n) is 7.75. The number of aryl methyl sites for hydroxylation is 2. The summed E-state index contributed by atoms with van der Waals surface area (Å²) < 4.78 is 15.9. The number of fused-ring (bicyclic) bond motifs is 1. The molecule has 0 saturated carbocycles. The fourth-order valence-electron chi connectivity index (χ4n) is 3.00. The van der Waals surface area contributed by atoms with E-state index in [-0.39, 0.29) is 5.82 Å². The lowest BCUT2D eigenvalue weighted by atomic mass is 10.2. The average molecular weight is 328 g/mol. The van der Waals surface area contributed by atoms with Crippen LogP contribution in [0.4, 0.5) is 16.0 Å². The van der Waals surface area contributed by atoms with Crippen LogP contribution in [0.2, 0.25) is 0 Å². The highest BCUT2D eigenvalue weighted by atomic mass is 19.1. The number of nitrogens with zero attached hydrogens (tertiary/aromatic N) is 8. The molecule has 1 fully saturated rings. The molecule has 0 amide bonds. The Morgan fingerprint density at radius 1 is 0.917 bits per heavy atom. The predicted molar refractivity (Wildman–Crippen MR) is 87.5 cm³/mol. The molecule has 1 aliphatic heterocycles.